The second kappa shape index (κ2) is 10.8. The zero-order valence-corrected chi connectivity index (χ0v) is 19.6. The van der Waals surface area contributed by atoms with Gasteiger partial charge < -0.3 is 19.5 Å². The zero-order valence-electron chi connectivity index (χ0n) is 17.3. The first-order valence-corrected chi connectivity index (χ1v) is 9.70. The Morgan fingerprint density at radius 3 is 2.68 bits per heavy atom. The Morgan fingerprint density at radius 2 is 1.94 bits per heavy atom. The highest BCUT2D eigenvalue weighted by atomic mass is 127. The minimum absolute atomic E-state index is 0. The van der Waals surface area contributed by atoms with E-state index in [-0.39, 0.29) is 24.0 Å². The molecule has 4 rings (SSSR count). The van der Waals surface area contributed by atoms with E-state index in [2.05, 4.69) is 35.8 Å². The van der Waals surface area contributed by atoms with Gasteiger partial charge in [0.1, 0.15) is 17.8 Å². The van der Waals surface area contributed by atoms with Gasteiger partial charge in [0.15, 0.2) is 11.7 Å². The van der Waals surface area contributed by atoms with Crippen molar-refractivity contribution in [3.8, 4) is 23.0 Å². The summed E-state index contributed by atoms with van der Waals surface area (Å²) in [5.41, 5.74) is 2.89. The van der Waals surface area contributed by atoms with Crippen LogP contribution < -0.4 is 10.6 Å². The summed E-state index contributed by atoms with van der Waals surface area (Å²) in [6.45, 7) is 5.61. The number of benzene rings is 1. The second-order valence-electron chi connectivity index (χ2n) is 6.64. The number of H-pyrrole nitrogens is 1. The molecular formula is C21H24IN7O2. The number of hydrogen-bond acceptors (Lipinski definition) is 6. The molecular weight excluding hydrogens is 509 g/mol. The van der Waals surface area contributed by atoms with Crippen molar-refractivity contribution < 1.29 is 8.83 Å². The highest BCUT2D eigenvalue weighted by Gasteiger charge is 2.09. The van der Waals surface area contributed by atoms with Crippen LogP contribution in [0.2, 0.25) is 0 Å². The van der Waals surface area contributed by atoms with Crippen molar-refractivity contribution in [2.75, 3.05) is 6.54 Å². The summed E-state index contributed by atoms with van der Waals surface area (Å²) in [6.07, 6.45) is 3.22. The van der Waals surface area contributed by atoms with Crippen LogP contribution in [0.25, 0.3) is 23.0 Å². The number of aliphatic imine (C=N–C) groups is 1. The van der Waals surface area contributed by atoms with Gasteiger partial charge in [0, 0.05) is 12.1 Å². The van der Waals surface area contributed by atoms with Crippen molar-refractivity contribution in [2.45, 2.75) is 26.9 Å². The second-order valence-corrected chi connectivity index (χ2v) is 6.64. The van der Waals surface area contributed by atoms with E-state index < -0.39 is 0 Å². The van der Waals surface area contributed by atoms with Crippen molar-refractivity contribution in [1.29, 1.82) is 0 Å². The van der Waals surface area contributed by atoms with Gasteiger partial charge in [-0.2, -0.15) is 0 Å². The first kappa shape index (κ1) is 22.5. The minimum Gasteiger partial charge on any atom is -0.461 e. The SMILES string of the molecule is CCNC(=NCc1coc(-c2ccc(C)cc2)n1)NCc1nc(-c2ccco2)n[nH]1.I. The maximum atomic E-state index is 5.60. The van der Waals surface area contributed by atoms with Crippen LogP contribution >= 0.6 is 24.0 Å². The van der Waals surface area contributed by atoms with Crippen LogP contribution in [-0.2, 0) is 13.1 Å². The van der Waals surface area contributed by atoms with Gasteiger partial charge in [-0.1, -0.05) is 17.7 Å². The normalized spacial score (nSPS) is 11.2. The molecule has 0 atom stereocenters. The van der Waals surface area contributed by atoms with E-state index in [4.69, 9.17) is 8.83 Å². The van der Waals surface area contributed by atoms with Crippen molar-refractivity contribution in [3.63, 3.8) is 0 Å². The number of aromatic amines is 1. The van der Waals surface area contributed by atoms with Gasteiger partial charge >= 0.3 is 0 Å². The number of rotatable bonds is 7. The topological polar surface area (TPSA) is 117 Å². The molecule has 0 saturated carbocycles. The highest BCUT2D eigenvalue weighted by molar-refractivity contribution is 14.0. The summed E-state index contributed by atoms with van der Waals surface area (Å²) >= 11 is 0. The molecule has 0 aliphatic carbocycles. The van der Waals surface area contributed by atoms with Crippen molar-refractivity contribution in [3.05, 3.63) is 66.0 Å². The molecule has 0 radical (unpaired) electrons. The van der Waals surface area contributed by atoms with Gasteiger partial charge in [0.25, 0.3) is 0 Å². The summed E-state index contributed by atoms with van der Waals surface area (Å²) < 4.78 is 10.9. The van der Waals surface area contributed by atoms with Crippen LogP contribution in [-0.4, -0.2) is 32.7 Å². The molecule has 0 amide bonds. The molecule has 0 spiro atoms. The molecule has 0 unspecified atom stereocenters. The van der Waals surface area contributed by atoms with E-state index in [0.29, 0.717) is 42.3 Å². The average Bonchev–Trinajstić information content (AvgIpc) is 3.52. The monoisotopic (exact) mass is 533 g/mol. The molecule has 31 heavy (non-hydrogen) atoms. The van der Waals surface area contributed by atoms with E-state index in [0.717, 1.165) is 17.8 Å². The molecule has 0 aliphatic rings. The molecule has 3 heterocycles. The van der Waals surface area contributed by atoms with E-state index in [1.54, 1.807) is 18.6 Å². The molecule has 9 nitrogen and oxygen atoms in total. The Balaban J connectivity index is 0.00000272. The van der Waals surface area contributed by atoms with Gasteiger partial charge in [0.2, 0.25) is 11.7 Å². The number of oxazole rings is 1. The smallest absolute Gasteiger partial charge is 0.226 e. The third-order valence-electron chi connectivity index (χ3n) is 4.29. The Labute approximate surface area is 196 Å². The van der Waals surface area contributed by atoms with Crippen molar-refractivity contribution in [1.82, 2.24) is 30.8 Å². The summed E-state index contributed by atoms with van der Waals surface area (Å²) in [4.78, 5) is 13.5. The Morgan fingerprint density at radius 1 is 1.10 bits per heavy atom. The number of aromatic nitrogens is 4. The standard InChI is InChI=1S/C21H23N7O2.HI/c1-3-22-21(24-12-18-26-19(28-27-18)17-5-4-10-29-17)23-11-16-13-30-20(25-16)15-8-6-14(2)7-9-15;/h4-10,13H,3,11-12H2,1-2H3,(H2,22,23,24)(H,26,27,28);1H. The number of furan rings is 1. The minimum atomic E-state index is 0. The van der Waals surface area contributed by atoms with Crippen molar-refractivity contribution >= 4 is 29.9 Å². The van der Waals surface area contributed by atoms with Gasteiger partial charge in [-0.05, 0) is 38.1 Å². The Kier molecular flexibility index (Phi) is 7.82. The molecule has 162 valence electrons. The molecule has 3 aromatic heterocycles. The maximum absolute atomic E-state index is 5.60. The molecule has 4 aromatic rings. The average molecular weight is 533 g/mol. The molecule has 1 aromatic carbocycles. The summed E-state index contributed by atoms with van der Waals surface area (Å²) in [5, 5.41) is 13.5. The van der Waals surface area contributed by atoms with Crippen LogP contribution in [0.1, 0.15) is 24.0 Å². The molecule has 0 aliphatic heterocycles. The largest absolute Gasteiger partial charge is 0.461 e. The number of halogens is 1. The summed E-state index contributed by atoms with van der Waals surface area (Å²) in [5.74, 6) is 3.05. The fourth-order valence-electron chi connectivity index (χ4n) is 2.77. The van der Waals surface area contributed by atoms with E-state index >= 15 is 0 Å². The Hall–Kier alpha value is -3.15. The van der Waals surface area contributed by atoms with Crippen LogP contribution in [0.15, 0.2) is 62.8 Å². The quantitative estimate of drug-likeness (QED) is 0.187. The summed E-state index contributed by atoms with van der Waals surface area (Å²) in [7, 11) is 0. The molecule has 3 N–H and O–H groups in total. The predicted molar refractivity (Wildman–Crippen MR) is 128 cm³/mol. The number of nitrogens with zero attached hydrogens (tertiary/aromatic N) is 4. The lowest BCUT2D eigenvalue weighted by atomic mass is 10.1. The third-order valence-corrected chi connectivity index (χ3v) is 4.29. The molecule has 0 fully saturated rings. The lowest BCUT2D eigenvalue weighted by molar-refractivity contribution is 0.572. The fraction of sp³-hybridized carbons (Fsp3) is 0.238. The molecule has 10 heteroatoms. The maximum Gasteiger partial charge on any atom is 0.226 e. The van der Waals surface area contributed by atoms with Crippen LogP contribution in [0, 0.1) is 6.92 Å². The Bertz CT molecular complexity index is 1100. The van der Waals surface area contributed by atoms with Gasteiger partial charge in [0.05, 0.1) is 19.4 Å². The molecule has 0 saturated heterocycles. The van der Waals surface area contributed by atoms with E-state index in [9.17, 15) is 0 Å². The van der Waals surface area contributed by atoms with E-state index in [1.165, 1.54) is 5.56 Å². The van der Waals surface area contributed by atoms with E-state index in [1.807, 2.05) is 44.2 Å². The highest BCUT2D eigenvalue weighted by Crippen LogP contribution is 2.19. The van der Waals surface area contributed by atoms with Crippen molar-refractivity contribution in [2.24, 2.45) is 4.99 Å². The third kappa shape index (κ3) is 5.94. The first-order valence-electron chi connectivity index (χ1n) is 9.70. The first-order chi connectivity index (χ1) is 14.7. The van der Waals surface area contributed by atoms with Gasteiger partial charge in [-0.25, -0.2) is 15.0 Å². The number of aryl methyl sites for hydroxylation is 1. The predicted octanol–water partition coefficient (Wildman–Crippen LogP) is 3.90. The fourth-order valence-corrected chi connectivity index (χ4v) is 2.77. The number of hydrogen-bond donors (Lipinski definition) is 3. The lowest BCUT2D eigenvalue weighted by Gasteiger charge is -2.09. The summed E-state index contributed by atoms with van der Waals surface area (Å²) in [6, 6.07) is 11.7. The molecule has 0 bridgehead atoms. The van der Waals surface area contributed by atoms with Crippen LogP contribution in [0.4, 0.5) is 0 Å². The van der Waals surface area contributed by atoms with Gasteiger partial charge in [-0.15, -0.1) is 29.1 Å². The zero-order chi connectivity index (χ0) is 20.8. The van der Waals surface area contributed by atoms with Crippen LogP contribution in [0.3, 0.4) is 0 Å². The van der Waals surface area contributed by atoms with Crippen LogP contribution in [0.5, 0.6) is 0 Å². The lowest BCUT2D eigenvalue weighted by Crippen LogP contribution is -2.37. The van der Waals surface area contributed by atoms with Gasteiger partial charge in [-0.3, -0.25) is 5.10 Å². The number of nitrogens with one attached hydrogen (secondary N) is 3. The number of guanidine groups is 1.